The molecule has 0 aliphatic carbocycles. The molecule has 0 saturated heterocycles. The van der Waals surface area contributed by atoms with E-state index in [1.165, 1.54) is 19.3 Å². The summed E-state index contributed by atoms with van der Waals surface area (Å²) < 4.78 is 4.87. The Kier molecular flexibility index (Phi) is 6.93. The van der Waals surface area contributed by atoms with Crippen LogP contribution in [0.5, 0.6) is 0 Å². The summed E-state index contributed by atoms with van der Waals surface area (Å²) in [6.45, 7) is 4.65. The molecule has 0 aliphatic heterocycles. The van der Waals surface area contributed by atoms with Crippen LogP contribution in [0.3, 0.4) is 0 Å². The van der Waals surface area contributed by atoms with Crippen molar-refractivity contribution >= 4 is 0 Å². The van der Waals surface area contributed by atoms with Gasteiger partial charge in [0.25, 0.3) is 0 Å². The fourth-order valence-corrected chi connectivity index (χ4v) is 0.600. The van der Waals surface area contributed by atoms with Gasteiger partial charge in [-0.2, -0.15) is 0 Å². The van der Waals surface area contributed by atoms with Crippen LogP contribution in [0.2, 0.25) is 0 Å². The zero-order chi connectivity index (χ0) is 6.24. The molecule has 1 heteroatoms. The largest absolute Gasteiger partial charge is 0.385 e. The van der Waals surface area contributed by atoms with E-state index in [0.29, 0.717) is 0 Å². The summed E-state index contributed by atoms with van der Waals surface area (Å²) >= 11 is 0. The van der Waals surface area contributed by atoms with Crippen molar-refractivity contribution in [1.82, 2.24) is 0 Å². The summed E-state index contributed by atoms with van der Waals surface area (Å²) in [5, 5.41) is 0. The first-order valence-electron chi connectivity index (χ1n) is 3.20. The van der Waals surface area contributed by atoms with Crippen LogP contribution in [-0.2, 0) is 4.74 Å². The van der Waals surface area contributed by atoms with Gasteiger partial charge in [-0.3, -0.25) is 0 Å². The van der Waals surface area contributed by atoms with Crippen molar-refractivity contribution in [2.45, 2.75) is 25.7 Å². The number of rotatable bonds is 5. The number of unbranched alkanes of at least 4 members (excludes halogenated alkanes) is 3. The van der Waals surface area contributed by atoms with Gasteiger partial charge in [-0.1, -0.05) is 26.2 Å². The van der Waals surface area contributed by atoms with Gasteiger partial charge in [-0.15, -0.1) is 0 Å². The van der Waals surface area contributed by atoms with Gasteiger partial charge in [0.15, 0.2) is 0 Å². The van der Waals surface area contributed by atoms with E-state index in [1.807, 2.05) is 0 Å². The van der Waals surface area contributed by atoms with E-state index in [2.05, 4.69) is 6.92 Å². The summed E-state index contributed by atoms with van der Waals surface area (Å²) in [5.74, 6) is 0. The Hall–Kier alpha value is -0.0400. The third-order valence-corrected chi connectivity index (χ3v) is 1.10. The average Bonchev–Trinajstić information content (AvgIpc) is 1.81. The Morgan fingerprint density at radius 2 is 2.00 bits per heavy atom. The Morgan fingerprint density at radius 1 is 1.25 bits per heavy atom. The maximum Gasteiger partial charge on any atom is 0.0462 e. The third kappa shape index (κ3) is 5.96. The molecule has 1 nitrogen and oxygen atoms in total. The van der Waals surface area contributed by atoms with Gasteiger partial charge in [0, 0.05) is 13.7 Å². The Bertz CT molecular complexity index is 29.4. The van der Waals surface area contributed by atoms with Gasteiger partial charge in [0.05, 0.1) is 0 Å². The fraction of sp³-hybridized carbons (Fsp3) is 0.857. The molecule has 0 aliphatic rings. The highest BCUT2D eigenvalue weighted by Gasteiger charge is 1.83. The molecule has 0 aromatic carbocycles. The van der Waals surface area contributed by atoms with E-state index in [0.717, 1.165) is 13.0 Å². The number of methoxy groups -OCH3 is 1. The minimum atomic E-state index is 0.903. The van der Waals surface area contributed by atoms with Crippen LogP contribution in [0.4, 0.5) is 0 Å². The van der Waals surface area contributed by atoms with Crippen molar-refractivity contribution in [3.05, 3.63) is 6.92 Å². The Morgan fingerprint density at radius 3 is 2.50 bits per heavy atom. The highest BCUT2D eigenvalue weighted by atomic mass is 16.5. The van der Waals surface area contributed by atoms with E-state index in [-0.39, 0.29) is 0 Å². The molecule has 0 rings (SSSR count). The summed E-state index contributed by atoms with van der Waals surface area (Å²) in [7, 11) is 1.74. The van der Waals surface area contributed by atoms with Gasteiger partial charge in [-0.25, -0.2) is 0 Å². The lowest BCUT2D eigenvalue weighted by molar-refractivity contribution is 0.192. The highest BCUT2D eigenvalue weighted by molar-refractivity contribution is 4.42. The SMILES string of the molecule is [CH2]CCCCCOC. The summed E-state index contributed by atoms with van der Waals surface area (Å²) in [5.41, 5.74) is 0. The highest BCUT2D eigenvalue weighted by Crippen LogP contribution is 1.97. The lowest BCUT2D eigenvalue weighted by Crippen LogP contribution is -1.86. The molecule has 0 unspecified atom stereocenters. The minimum Gasteiger partial charge on any atom is -0.385 e. The quantitative estimate of drug-likeness (QED) is 0.498. The lowest BCUT2D eigenvalue weighted by atomic mass is 10.2. The molecule has 49 valence electrons. The Labute approximate surface area is 52.0 Å². The molecular weight excluding hydrogens is 100 g/mol. The monoisotopic (exact) mass is 115 g/mol. The zero-order valence-corrected chi connectivity index (χ0v) is 5.65. The van der Waals surface area contributed by atoms with Crippen molar-refractivity contribution in [3.8, 4) is 0 Å². The van der Waals surface area contributed by atoms with Gasteiger partial charge in [0.2, 0.25) is 0 Å². The molecule has 0 aromatic heterocycles. The topological polar surface area (TPSA) is 9.23 Å². The van der Waals surface area contributed by atoms with Crippen LogP contribution >= 0.6 is 0 Å². The van der Waals surface area contributed by atoms with Crippen molar-refractivity contribution in [1.29, 1.82) is 0 Å². The van der Waals surface area contributed by atoms with E-state index in [9.17, 15) is 0 Å². The molecule has 0 spiro atoms. The van der Waals surface area contributed by atoms with Crippen LogP contribution in [0.15, 0.2) is 0 Å². The van der Waals surface area contributed by atoms with Crippen molar-refractivity contribution in [3.63, 3.8) is 0 Å². The van der Waals surface area contributed by atoms with E-state index in [4.69, 9.17) is 4.74 Å². The molecule has 0 N–H and O–H groups in total. The minimum absolute atomic E-state index is 0.903. The molecule has 0 amide bonds. The predicted octanol–water partition coefficient (Wildman–Crippen LogP) is 2.03. The van der Waals surface area contributed by atoms with Crippen LogP contribution < -0.4 is 0 Å². The van der Waals surface area contributed by atoms with E-state index in [1.54, 1.807) is 7.11 Å². The number of hydrogen-bond acceptors (Lipinski definition) is 1. The van der Waals surface area contributed by atoms with Crippen LogP contribution in [0.1, 0.15) is 25.7 Å². The van der Waals surface area contributed by atoms with Gasteiger partial charge in [0.1, 0.15) is 0 Å². The summed E-state index contributed by atoms with van der Waals surface area (Å²) in [4.78, 5) is 0. The van der Waals surface area contributed by atoms with Crippen molar-refractivity contribution in [2.24, 2.45) is 0 Å². The van der Waals surface area contributed by atoms with Crippen LogP contribution in [0.25, 0.3) is 0 Å². The van der Waals surface area contributed by atoms with Crippen molar-refractivity contribution in [2.75, 3.05) is 13.7 Å². The molecule has 0 bridgehead atoms. The standard InChI is InChI=1S/C7H15O/c1-3-4-5-6-7-8-2/h1,3-7H2,2H3. The van der Waals surface area contributed by atoms with Gasteiger partial charge in [-0.05, 0) is 6.42 Å². The summed E-state index contributed by atoms with van der Waals surface area (Å²) in [6, 6.07) is 0. The first-order chi connectivity index (χ1) is 3.91. The summed E-state index contributed by atoms with van der Waals surface area (Å²) in [6.07, 6.45) is 4.75. The van der Waals surface area contributed by atoms with Crippen LogP contribution in [-0.4, -0.2) is 13.7 Å². The maximum absolute atomic E-state index is 4.87. The number of hydrogen-bond donors (Lipinski definition) is 0. The predicted molar refractivity (Wildman–Crippen MR) is 35.7 cm³/mol. The second kappa shape index (κ2) is 6.96. The molecule has 8 heavy (non-hydrogen) atoms. The zero-order valence-electron chi connectivity index (χ0n) is 5.65. The van der Waals surface area contributed by atoms with Crippen LogP contribution in [0, 0.1) is 6.92 Å². The smallest absolute Gasteiger partial charge is 0.0462 e. The third-order valence-electron chi connectivity index (χ3n) is 1.10. The lowest BCUT2D eigenvalue weighted by Gasteiger charge is -1.95. The number of ether oxygens (including phenoxy) is 1. The average molecular weight is 115 g/mol. The Balaban J connectivity index is 2.53. The molecule has 0 heterocycles. The molecule has 1 radical (unpaired) electrons. The molecule has 0 aromatic rings. The first-order valence-corrected chi connectivity index (χ1v) is 3.20. The van der Waals surface area contributed by atoms with E-state index < -0.39 is 0 Å². The van der Waals surface area contributed by atoms with Gasteiger partial charge >= 0.3 is 0 Å². The molecule has 0 fully saturated rings. The fourth-order valence-electron chi connectivity index (χ4n) is 0.600. The van der Waals surface area contributed by atoms with Gasteiger partial charge < -0.3 is 4.74 Å². The molecule has 0 saturated carbocycles. The maximum atomic E-state index is 4.87. The second-order valence-electron chi connectivity index (χ2n) is 1.91. The molecule has 0 atom stereocenters. The first kappa shape index (κ1) is 7.96. The normalized spacial score (nSPS) is 9.75. The van der Waals surface area contributed by atoms with Crippen molar-refractivity contribution < 1.29 is 4.74 Å². The molecular formula is C7H15O. The second-order valence-corrected chi connectivity index (χ2v) is 1.91. The van der Waals surface area contributed by atoms with E-state index >= 15 is 0 Å².